The normalized spacial score (nSPS) is 9.83. The quantitative estimate of drug-likeness (QED) is 0.838. The fourth-order valence-electron chi connectivity index (χ4n) is 0.687. The first kappa shape index (κ1) is 10.0. The Kier molecular flexibility index (Phi) is 4.05. The summed E-state index contributed by atoms with van der Waals surface area (Å²) in [5, 5.41) is 4.94. The Labute approximate surface area is 88.0 Å². The van der Waals surface area contributed by atoms with Crippen LogP contribution in [-0.4, -0.2) is 11.2 Å². The van der Waals surface area contributed by atoms with E-state index in [0.717, 1.165) is 9.90 Å². The molecule has 12 heavy (non-hydrogen) atoms. The summed E-state index contributed by atoms with van der Waals surface area (Å²) in [6.45, 7) is 0.507. The Hall–Kier alpha value is -0.0600. The smallest absolute Gasteiger partial charge is 0.230 e. The van der Waals surface area contributed by atoms with Gasteiger partial charge in [0.25, 0.3) is 0 Å². The van der Waals surface area contributed by atoms with E-state index in [9.17, 15) is 4.79 Å². The van der Waals surface area contributed by atoms with Crippen molar-refractivity contribution in [3.8, 4) is 0 Å². The first-order valence-electron chi connectivity index (χ1n) is 3.28. The fourth-order valence-corrected chi connectivity index (χ4v) is 1.81. The minimum Gasteiger partial charge on any atom is -0.351 e. The van der Waals surface area contributed by atoms with Crippen LogP contribution >= 0.6 is 38.9 Å². The molecule has 0 aliphatic carbocycles. The van der Waals surface area contributed by atoms with Crippen LogP contribution in [0.3, 0.4) is 0 Å². The van der Waals surface area contributed by atoms with Gasteiger partial charge < -0.3 is 5.32 Å². The molecule has 0 atom stereocenters. The lowest BCUT2D eigenvalue weighted by atomic mass is 10.3. The van der Waals surface area contributed by atoms with Gasteiger partial charge >= 0.3 is 0 Å². The van der Waals surface area contributed by atoms with Crippen LogP contribution in [0.2, 0.25) is 4.34 Å². The van der Waals surface area contributed by atoms with Crippen molar-refractivity contribution in [3.63, 3.8) is 0 Å². The van der Waals surface area contributed by atoms with Crippen molar-refractivity contribution in [1.82, 2.24) is 5.32 Å². The van der Waals surface area contributed by atoms with E-state index < -0.39 is 0 Å². The zero-order valence-electron chi connectivity index (χ0n) is 6.14. The van der Waals surface area contributed by atoms with Gasteiger partial charge in [-0.15, -0.1) is 11.3 Å². The van der Waals surface area contributed by atoms with Crippen LogP contribution in [0.15, 0.2) is 11.4 Å². The van der Waals surface area contributed by atoms with Gasteiger partial charge in [-0.2, -0.15) is 0 Å². The highest BCUT2D eigenvalue weighted by molar-refractivity contribution is 9.09. The number of carbonyl (C=O) groups is 1. The van der Waals surface area contributed by atoms with Crippen LogP contribution in [0.25, 0.3) is 0 Å². The second kappa shape index (κ2) is 4.84. The van der Waals surface area contributed by atoms with E-state index in [0.29, 0.717) is 11.9 Å². The molecule has 1 N–H and O–H groups in total. The van der Waals surface area contributed by atoms with Gasteiger partial charge in [-0.3, -0.25) is 4.79 Å². The maximum Gasteiger partial charge on any atom is 0.230 e. The second-order valence-electron chi connectivity index (χ2n) is 2.13. The summed E-state index contributed by atoms with van der Waals surface area (Å²) >= 11 is 10.3. The van der Waals surface area contributed by atoms with Crippen LogP contribution in [-0.2, 0) is 11.3 Å². The minimum absolute atomic E-state index is 0.0303. The van der Waals surface area contributed by atoms with Crippen molar-refractivity contribution >= 4 is 44.8 Å². The Morgan fingerprint density at radius 2 is 2.50 bits per heavy atom. The van der Waals surface area contributed by atoms with Crippen molar-refractivity contribution < 1.29 is 4.79 Å². The third-order valence-corrected chi connectivity index (χ3v) is 3.05. The summed E-state index contributed by atoms with van der Waals surface area (Å²) in [6.07, 6.45) is 0. The minimum atomic E-state index is -0.0303. The molecule has 0 saturated carbocycles. The molecule has 0 aromatic carbocycles. The van der Waals surface area contributed by atoms with Gasteiger partial charge in [-0.05, 0) is 11.4 Å². The van der Waals surface area contributed by atoms with Gasteiger partial charge in [0.05, 0.1) is 9.67 Å². The van der Waals surface area contributed by atoms with E-state index in [1.165, 1.54) is 11.3 Å². The van der Waals surface area contributed by atoms with E-state index >= 15 is 0 Å². The Morgan fingerprint density at radius 3 is 3.00 bits per heavy atom. The molecule has 1 amide bonds. The first-order valence-corrected chi connectivity index (χ1v) is 5.66. The number of thiophene rings is 1. The maximum atomic E-state index is 10.8. The molecule has 2 nitrogen and oxygen atoms in total. The van der Waals surface area contributed by atoms with Crippen LogP contribution in [0, 0.1) is 0 Å². The molecule has 1 heterocycles. The van der Waals surface area contributed by atoms with E-state index in [-0.39, 0.29) is 5.91 Å². The van der Waals surface area contributed by atoms with Crippen molar-refractivity contribution in [2.24, 2.45) is 0 Å². The van der Waals surface area contributed by atoms with Crippen molar-refractivity contribution in [2.75, 3.05) is 5.33 Å². The summed E-state index contributed by atoms with van der Waals surface area (Å²) in [7, 11) is 0. The van der Waals surface area contributed by atoms with Gasteiger partial charge in [0.1, 0.15) is 0 Å². The molecule has 66 valence electrons. The summed E-state index contributed by atoms with van der Waals surface area (Å²) in [5.74, 6) is -0.0303. The maximum absolute atomic E-state index is 10.8. The third kappa shape index (κ3) is 2.77. The molecule has 0 radical (unpaired) electrons. The topological polar surface area (TPSA) is 29.1 Å². The number of amides is 1. The number of halogens is 2. The molecular weight excluding hydrogens is 262 g/mol. The number of nitrogens with one attached hydrogen (secondary N) is 1. The van der Waals surface area contributed by atoms with Crippen molar-refractivity contribution in [1.29, 1.82) is 0 Å². The van der Waals surface area contributed by atoms with Gasteiger partial charge in [-0.1, -0.05) is 27.5 Å². The van der Waals surface area contributed by atoms with Gasteiger partial charge in [0.15, 0.2) is 0 Å². The molecule has 1 aromatic heterocycles. The predicted molar refractivity (Wildman–Crippen MR) is 55.0 cm³/mol. The lowest BCUT2D eigenvalue weighted by Gasteiger charge is -2.00. The average Bonchev–Trinajstić information content (AvgIpc) is 2.47. The van der Waals surface area contributed by atoms with Gasteiger partial charge in [-0.25, -0.2) is 0 Å². The van der Waals surface area contributed by atoms with Crippen LogP contribution in [0.1, 0.15) is 5.56 Å². The lowest BCUT2D eigenvalue weighted by molar-refractivity contribution is -0.118. The van der Waals surface area contributed by atoms with E-state index in [1.54, 1.807) is 0 Å². The zero-order chi connectivity index (χ0) is 8.97. The Balaban J connectivity index is 2.43. The van der Waals surface area contributed by atoms with Crippen molar-refractivity contribution in [2.45, 2.75) is 6.54 Å². The molecule has 1 aromatic rings. The molecule has 0 bridgehead atoms. The van der Waals surface area contributed by atoms with Crippen LogP contribution in [0.4, 0.5) is 0 Å². The van der Waals surface area contributed by atoms with Crippen LogP contribution in [0.5, 0.6) is 0 Å². The number of rotatable bonds is 3. The monoisotopic (exact) mass is 267 g/mol. The number of hydrogen-bond acceptors (Lipinski definition) is 2. The third-order valence-electron chi connectivity index (χ3n) is 1.29. The lowest BCUT2D eigenvalue weighted by Crippen LogP contribution is -2.23. The van der Waals surface area contributed by atoms with Crippen molar-refractivity contribution in [3.05, 3.63) is 21.3 Å². The first-order chi connectivity index (χ1) is 5.74. The average molecular weight is 269 g/mol. The molecule has 0 spiro atoms. The molecule has 0 fully saturated rings. The largest absolute Gasteiger partial charge is 0.351 e. The van der Waals surface area contributed by atoms with E-state index in [4.69, 9.17) is 11.6 Å². The predicted octanol–water partition coefficient (Wildman–Crippen LogP) is 2.41. The van der Waals surface area contributed by atoms with E-state index in [1.807, 2.05) is 11.4 Å². The summed E-state index contributed by atoms with van der Waals surface area (Å²) in [6, 6.07) is 1.90. The molecule has 5 heteroatoms. The molecule has 0 saturated heterocycles. The standard InChI is InChI=1S/C7H7BrClNOS/c8-3-6(11)10-4-5-1-2-12-7(5)9/h1-2H,3-4H2,(H,10,11). The summed E-state index contributed by atoms with van der Waals surface area (Å²) < 4.78 is 0.741. The molecule has 0 aliphatic rings. The number of carbonyl (C=O) groups excluding carboxylic acids is 1. The highest BCUT2D eigenvalue weighted by atomic mass is 79.9. The number of alkyl halides is 1. The summed E-state index contributed by atoms with van der Waals surface area (Å²) in [4.78, 5) is 10.8. The highest BCUT2D eigenvalue weighted by Gasteiger charge is 2.02. The molecular formula is C7H7BrClNOS. The molecule has 0 aliphatic heterocycles. The SMILES string of the molecule is O=C(CBr)NCc1ccsc1Cl. The Morgan fingerprint density at radius 1 is 1.75 bits per heavy atom. The Bertz CT molecular complexity index is 276. The fraction of sp³-hybridized carbons (Fsp3) is 0.286. The summed E-state index contributed by atoms with van der Waals surface area (Å²) in [5.41, 5.74) is 0.968. The molecule has 1 rings (SSSR count). The molecule has 0 unspecified atom stereocenters. The van der Waals surface area contributed by atoms with E-state index in [2.05, 4.69) is 21.2 Å². The second-order valence-corrected chi connectivity index (χ2v) is 4.21. The van der Waals surface area contributed by atoms with Crippen LogP contribution < -0.4 is 5.32 Å². The highest BCUT2D eigenvalue weighted by Crippen LogP contribution is 2.22. The van der Waals surface area contributed by atoms with Gasteiger partial charge in [0.2, 0.25) is 5.91 Å². The zero-order valence-corrected chi connectivity index (χ0v) is 9.30. The number of hydrogen-bond donors (Lipinski definition) is 1. The van der Waals surface area contributed by atoms with Gasteiger partial charge in [0, 0.05) is 12.1 Å².